The molecule has 0 amide bonds. The Morgan fingerprint density at radius 3 is 2.69 bits per heavy atom. The van der Waals surface area contributed by atoms with Gasteiger partial charge in [0.25, 0.3) is 0 Å². The number of hydrogen-bond acceptors (Lipinski definition) is 7. The van der Waals surface area contributed by atoms with Crippen LogP contribution in [0, 0.1) is 5.95 Å². The second-order valence-corrected chi connectivity index (χ2v) is 6.10. The second kappa shape index (κ2) is 7.50. The molecule has 0 fully saturated rings. The minimum Gasteiger partial charge on any atom is -0.493 e. The Morgan fingerprint density at radius 2 is 2.04 bits per heavy atom. The third kappa shape index (κ3) is 3.21. The van der Waals surface area contributed by atoms with E-state index in [-0.39, 0.29) is 23.2 Å². The first-order valence-electron chi connectivity index (χ1n) is 7.26. The lowest BCUT2D eigenvalue weighted by Crippen LogP contribution is -2.06. The molecular formula is C15H14BrClFN5O3. The number of benzene rings is 1. The zero-order chi connectivity index (χ0) is 18.8. The first kappa shape index (κ1) is 18.5. The second-order valence-electron chi connectivity index (χ2n) is 5.09. The fraction of sp³-hybridized carbons (Fsp3) is 0.267. The molecule has 26 heavy (non-hydrogen) atoms. The molecule has 0 bridgehead atoms. The Balaban J connectivity index is 2.11. The summed E-state index contributed by atoms with van der Waals surface area (Å²) < 4.78 is 32.3. The summed E-state index contributed by atoms with van der Waals surface area (Å²) in [6.45, 7) is 0.293. The monoisotopic (exact) mass is 445 g/mol. The fourth-order valence-corrected chi connectivity index (χ4v) is 3.20. The number of anilines is 1. The van der Waals surface area contributed by atoms with E-state index in [9.17, 15) is 4.39 Å². The molecule has 0 aliphatic carbocycles. The quantitative estimate of drug-likeness (QED) is 0.459. The summed E-state index contributed by atoms with van der Waals surface area (Å²) in [5.74, 6) is 0.284. The largest absolute Gasteiger partial charge is 0.493 e. The highest BCUT2D eigenvalue weighted by Crippen LogP contribution is 2.45. The number of alkyl halides is 1. The molecule has 0 radical (unpaired) electrons. The maximum absolute atomic E-state index is 13.9. The predicted octanol–water partition coefficient (Wildman–Crippen LogP) is 2.95. The Labute approximate surface area is 161 Å². The van der Waals surface area contributed by atoms with Crippen LogP contribution in [0.25, 0.3) is 11.2 Å². The van der Waals surface area contributed by atoms with Crippen molar-refractivity contribution >= 4 is 44.6 Å². The fourth-order valence-electron chi connectivity index (χ4n) is 2.51. The molecule has 3 rings (SSSR count). The summed E-state index contributed by atoms with van der Waals surface area (Å²) in [5.41, 5.74) is 6.62. The average Bonchev–Trinajstić information content (AvgIpc) is 3.00. The van der Waals surface area contributed by atoms with E-state index >= 15 is 0 Å². The van der Waals surface area contributed by atoms with Crippen LogP contribution >= 0.6 is 27.5 Å². The number of imidazole rings is 1. The van der Waals surface area contributed by atoms with Gasteiger partial charge < -0.3 is 24.5 Å². The van der Waals surface area contributed by atoms with Crippen molar-refractivity contribution < 1.29 is 18.6 Å². The maximum atomic E-state index is 13.9. The molecule has 0 aliphatic rings. The lowest BCUT2D eigenvalue weighted by atomic mass is 10.1. The van der Waals surface area contributed by atoms with Crippen molar-refractivity contribution in [2.75, 3.05) is 26.0 Å². The van der Waals surface area contributed by atoms with Gasteiger partial charge >= 0.3 is 0 Å². The molecule has 138 valence electrons. The number of methoxy groups -OCH3 is 2. The number of halogens is 3. The first-order valence-corrected chi connectivity index (χ1v) is 8.58. The lowest BCUT2D eigenvalue weighted by molar-refractivity contribution is 0.311. The smallest absolute Gasteiger partial charge is 0.245 e. The van der Waals surface area contributed by atoms with Gasteiger partial charge in [-0.15, -0.1) is 0 Å². The molecule has 0 aliphatic heterocycles. The van der Waals surface area contributed by atoms with Gasteiger partial charge in [0.2, 0.25) is 17.6 Å². The predicted molar refractivity (Wildman–Crippen MR) is 97.4 cm³/mol. The van der Waals surface area contributed by atoms with Gasteiger partial charge in [-0.1, -0.05) is 11.6 Å². The summed E-state index contributed by atoms with van der Waals surface area (Å²) in [6.07, 6.45) is 1.45. The lowest BCUT2D eigenvalue weighted by Gasteiger charge is -2.17. The van der Waals surface area contributed by atoms with E-state index in [1.54, 1.807) is 10.6 Å². The van der Waals surface area contributed by atoms with Crippen LogP contribution in [-0.4, -0.2) is 39.8 Å². The van der Waals surface area contributed by atoms with Crippen LogP contribution in [0.5, 0.6) is 17.2 Å². The first-order chi connectivity index (χ1) is 12.5. The van der Waals surface area contributed by atoms with Crippen LogP contribution in [0.1, 0.15) is 5.56 Å². The summed E-state index contributed by atoms with van der Waals surface area (Å²) >= 11 is 9.17. The number of ether oxygens (including phenoxy) is 3. The molecule has 1 aromatic carbocycles. The van der Waals surface area contributed by atoms with E-state index in [0.29, 0.717) is 28.3 Å². The summed E-state index contributed by atoms with van der Waals surface area (Å²) in [7, 11) is 3.00. The van der Waals surface area contributed by atoms with E-state index in [0.717, 1.165) is 5.56 Å². The molecule has 2 aromatic heterocycles. The SMILES string of the molecule is COc1cc(Cn2cnc3c(F)nc(N)nc32)c(Br)c(OC)c1OCCl. The molecule has 0 saturated heterocycles. The molecule has 0 unspecified atom stereocenters. The molecular weight excluding hydrogens is 433 g/mol. The van der Waals surface area contributed by atoms with Gasteiger partial charge in [-0.3, -0.25) is 0 Å². The molecule has 0 atom stereocenters. The molecule has 0 saturated carbocycles. The average molecular weight is 447 g/mol. The molecule has 8 nitrogen and oxygen atoms in total. The van der Waals surface area contributed by atoms with Crippen molar-refractivity contribution in [3.05, 3.63) is 28.4 Å². The number of nitrogens with zero attached hydrogens (tertiary/aromatic N) is 4. The van der Waals surface area contributed by atoms with Crippen LogP contribution in [-0.2, 0) is 6.54 Å². The van der Waals surface area contributed by atoms with Crippen LogP contribution in [0.3, 0.4) is 0 Å². The summed E-state index contributed by atoms with van der Waals surface area (Å²) in [4.78, 5) is 11.5. The number of fused-ring (bicyclic) bond motifs is 1. The third-order valence-corrected chi connectivity index (χ3v) is 4.60. The number of nitrogens with two attached hydrogens (primary N) is 1. The Hall–Kier alpha value is -2.33. The normalized spacial score (nSPS) is 11.0. The molecule has 0 spiro atoms. The van der Waals surface area contributed by atoms with Crippen molar-refractivity contribution in [3.8, 4) is 17.2 Å². The van der Waals surface area contributed by atoms with Gasteiger partial charge in [0.15, 0.2) is 28.7 Å². The highest BCUT2D eigenvalue weighted by molar-refractivity contribution is 9.10. The summed E-state index contributed by atoms with van der Waals surface area (Å²) in [5, 5.41) is 0. The Morgan fingerprint density at radius 1 is 1.27 bits per heavy atom. The van der Waals surface area contributed by atoms with Crippen molar-refractivity contribution in [2.24, 2.45) is 0 Å². The van der Waals surface area contributed by atoms with E-state index in [1.165, 1.54) is 20.5 Å². The van der Waals surface area contributed by atoms with Crippen molar-refractivity contribution in [1.29, 1.82) is 0 Å². The number of nitrogen functional groups attached to an aromatic ring is 1. The van der Waals surface area contributed by atoms with Crippen LogP contribution < -0.4 is 19.9 Å². The van der Waals surface area contributed by atoms with Crippen molar-refractivity contribution in [2.45, 2.75) is 6.54 Å². The highest BCUT2D eigenvalue weighted by Gasteiger charge is 2.21. The molecule has 3 aromatic rings. The van der Waals surface area contributed by atoms with Gasteiger partial charge in [-0.2, -0.15) is 14.4 Å². The standard InChI is InChI=1S/C15H14BrClFN5O3/c1-24-8-3-7(9(16)12(25-2)11(8)26-5-17)4-23-6-20-10-13(18)21-15(19)22-14(10)23/h3,6H,4-5H2,1-2H3,(H2,19,21,22). The van der Waals surface area contributed by atoms with Crippen LogP contribution in [0.4, 0.5) is 10.3 Å². The number of aromatic nitrogens is 4. The minimum absolute atomic E-state index is 0.0383. The van der Waals surface area contributed by atoms with E-state index in [4.69, 9.17) is 31.5 Å². The van der Waals surface area contributed by atoms with E-state index in [1.807, 2.05) is 0 Å². The Bertz CT molecular complexity index is 968. The van der Waals surface area contributed by atoms with Crippen molar-refractivity contribution in [3.63, 3.8) is 0 Å². The number of rotatable bonds is 6. The van der Waals surface area contributed by atoms with Gasteiger partial charge in [0, 0.05) is 0 Å². The van der Waals surface area contributed by atoms with Gasteiger partial charge in [0.1, 0.15) is 0 Å². The van der Waals surface area contributed by atoms with Crippen LogP contribution in [0.2, 0.25) is 0 Å². The molecule has 2 heterocycles. The third-order valence-electron chi connectivity index (χ3n) is 3.62. The zero-order valence-corrected chi connectivity index (χ0v) is 16.1. The minimum atomic E-state index is -0.772. The molecule has 2 N–H and O–H groups in total. The van der Waals surface area contributed by atoms with E-state index in [2.05, 4.69) is 30.9 Å². The highest BCUT2D eigenvalue weighted by atomic mass is 79.9. The van der Waals surface area contributed by atoms with Crippen LogP contribution in [0.15, 0.2) is 16.9 Å². The van der Waals surface area contributed by atoms with Gasteiger partial charge in [0.05, 0.1) is 31.6 Å². The van der Waals surface area contributed by atoms with Crippen molar-refractivity contribution in [1.82, 2.24) is 19.5 Å². The molecule has 11 heteroatoms. The van der Waals surface area contributed by atoms with E-state index < -0.39 is 5.95 Å². The number of hydrogen-bond donors (Lipinski definition) is 1. The van der Waals surface area contributed by atoms with Gasteiger partial charge in [-0.05, 0) is 27.6 Å². The maximum Gasteiger partial charge on any atom is 0.245 e. The van der Waals surface area contributed by atoms with Gasteiger partial charge in [-0.25, -0.2) is 4.98 Å². The Kier molecular flexibility index (Phi) is 5.33. The zero-order valence-electron chi connectivity index (χ0n) is 13.8. The topological polar surface area (TPSA) is 97.3 Å². The summed E-state index contributed by atoms with van der Waals surface area (Å²) in [6, 6.07) is 1.68.